The molecule has 0 fully saturated rings. The fraction of sp³-hybridized carbons (Fsp3) is 0.450. The van der Waals surface area contributed by atoms with E-state index in [9.17, 15) is 0 Å². The van der Waals surface area contributed by atoms with Crippen LogP contribution >= 0.6 is 0 Å². The molecule has 1 aromatic carbocycles. The lowest BCUT2D eigenvalue weighted by Crippen LogP contribution is -2.22. The number of fused-ring (bicyclic) bond motifs is 3. The molecule has 2 heterocycles. The van der Waals surface area contributed by atoms with Gasteiger partial charge in [0, 0.05) is 18.1 Å². The van der Waals surface area contributed by atoms with Crippen LogP contribution in [0.5, 0.6) is 0 Å². The Bertz CT molecular complexity index is 816. The number of unbranched alkanes of at least 4 members (excludes halogenated alkanes) is 1. The molecule has 3 aromatic rings. The van der Waals surface area contributed by atoms with Crippen LogP contribution in [-0.4, -0.2) is 34.4 Å². The van der Waals surface area contributed by atoms with Crippen molar-refractivity contribution < 1.29 is 0 Å². The molecule has 23 heavy (non-hydrogen) atoms. The van der Waals surface area contributed by atoms with Gasteiger partial charge in [0.05, 0.1) is 11.0 Å². The molecule has 3 nitrogen and oxygen atoms in total. The summed E-state index contributed by atoms with van der Waals surface area (Å²) in [6, 6.07) is 8.72. The maximum Gasteiger partial charge on any atom is 0.110 e. The molecule has 0 aliphatic carbocycles. The summed E-state index contributed by atoms with van der Waals surface area (Å²) < 4.78 is 2.33. The van der Waals surface area contributed by atoms with Gasteiger partial charge >= 0.3 is 0 Å². The quantitative estimate of drug-likeness (QED) is 0.673. The molecule has 0 aliphatic rings. The molecule has 0 saturated heterocycles. The third-order valence-corrected chi connectivity index (χ3v) is 4.76. The van der Waals surface area contributed by atoms with Crippen LogP contribution in [0.1, 0.15) is 36.7 Å². The first-order valence-electron chi connectivity index (χ1n) is 8.66. The SMILES string of the molecule is CCCCN(C)CCc1c2ccccc2n2c(C)ncc(C)c12. The van der Waals surface area contributed by atoms with E-state index in [1.54, 1.807) is 0 Å². The molecule has 0 atom stereocenters. The van der Waals surface area contributed by atoms with E-state index in [0.29, 0.717) is 0 Å². The molecule has 0 amide bonds. The number of rotatable bonds is 6. The van der Waals surface area contributed by atoms with Gasteiger partial charge < -0.3 is 4.90 Å². The van der Waals surface area contributed by atoms with Gasteiger partial charge in [0.2, 0.25) is 0 Å². The largest absolute Gasteiger partial charge is 0.306 e. The van der Waals surface area contributed by atoms with Gasteiger partial charge in [0.1, 0.15) is 5.82 Å². The van der Waals surface area contributed by atoms with Crippen molar-refractivity contribution in [3.63, 3.8) is 0 Å². The molecule has 0 spiro atoms. The third-order valence-electron chi connectivity index (χ3n) is 4.76. The number of aryl methyl sites for hydroxylation is 2. The van der Waals surface area contributed by atoms with Gasteiger partial charge in [-0.25, -0.2) is 4.98 Å². The predicted octanol–water partition coefficient (Wildman–Crippen LogP) is 4.38. The Hall–Kier alpha value is -1.87. The molecule has 0 N–H and O–H groups in total. The topological polar surface area (TPSA) is 20.5 Å². The zero-order chi connectivity index (χ0) is 16.4. The average Bonchev–Trinajstić information content (AvgIpc) is 2.90. The summed E-state index contributed by atoms with van der Waals surface area (Å²) in [7, 11) is 2.23. The fourth-order valence-corrected chi connectivity index (χ4v) is 3.46. The summed E-state index contributed by atoms with van der Waals surface area (Å²) in [6.45, 7) is 8.80. The maximum atomic E-state index is 4.56. The van der Waals surface area contributed by atoms with Crippen molar-refractivity contribution in [1.82, 2.24) is 14.3 Å². The molecule has 0 radical (unpaired) electrons. The Labute approximate surface area is 138 Å². The molecule has 0 unspecified atom stereocenters. The number of likely N-dealkylation sites (N-methyl/N-ethyl adjacent to an activating group) is 1. The van der Waals surface area contributed by atoms with Crippen LogP contribution in [0.15, 0.2) is 30.5 Å². The summed E-state index contributed by atoms with van der Waals surface area (Å²) >= 11 is 0. The van der Waals surface area contributed by atoms with Crippen molar-refractivity contribution in [2.45, 2.75) is 40.0 Å². The first-order valence-corrected chi connectivity index (χ1v) is 8.66. The van der Waals surface area contributed by atoms with Crippen molar-refractivity contribution in [3.8, 4) is 0 Å². The summed E-state index contributed by atoms with van der Waals surface area (Å²) in [5, 5.41) is 1.37. The number of nitrogens with zero attached hydrogens (tertiary/aromatic N) is 3. The Kier molecular flexibility index (Phi) is 4.67. The first kappa shape index (κ1) is 16.0. The molecular formula is C20H27N3. The van der Waals surface area contributed by atoms with E-state index in [4.69, 9.17) is 0 Å². The second kappa shape index (κ2) is 6.71. The van der Waals surface area contributed by atoms with Crippen molar-refractivity contribution in [2.75, 3.05) is 20.1 Å². The normalized spacial score (nSPS) is 11.9. The highest BCUT2D eigenvalue weighted by Crippen LogP contribution is 2.29. The van der Waals surface area contributed by atoms with Crippen LogP contribution in [0.2, 0.25) is 0 Å². The zero-order valence-corrected chi connectivity index (χ0v) is 14.8. The summed E-state index contributed by atoms with van der Waals surface area (Å²) in [6.07, 6.45) is 5.62. The van der Waals surface area contributed by atoms with E-state index in [-0.39, 0.29) is 0 Å². The highest BCUT2D eigenvalue weighted by Gasteiger charge is 2.15. The number of benzene rings is 1. The van der Waals surface area contributed by atoms with Gasteiger partial charge in [-0.05, 0) is 57.5 Å². The van der Waals surface area contributed by atoms with E-state index in [1.165, 1.54) is 46.9 Å². The number of hydrogen-bond donors (Lipinski definition) is 0. The molecule has 2 aromatic heterocycles. The van der Waals surface area contributed by atoms with Crippen LogP contribution in [-0.2, 0) is 6.42 Å². The Morgan fingerprint density at radius 3 is 2.70 bits per heavy atom. The first-order chi connectivity index (χ1) is 11.1. The third kappa shape index (κ3) is 2.98. The van der Waals surface area contributed by atoms with Crippen molar-refractivity contribution in [2.24, 2.45) is 0 Å². The molecule has 3 rings (SSSR count). The highest BCUT2D eigenvalue weighted by atomic mass is 15.1. The molecule has 0 aliphatic heterocycles. The van der Waals surface area contributed by atoms with Crippen LogP contribution in [0, 0.1) is 13.8 Å². The summed E-state index contributed by atoms with van der Waals surface area (Å²) in [4.78, 5) is 7.01. The average molecular weight is 309 g/mol. The van der Waals surface area contributed by atoms with E-state index < -0.39 is 0 Å². The fourth-order valence-electron chi connectivity index (χ4n) is 3.46. The van der Waals surface area contributed by atoms with Crippen LogP contribution in [0.25, 0.3) is 16.4 Å². The van der Waals surface area contributed by atoms with Crippen LogP contribution < -0.4 is 0 Å². The van der Waals surface area contributed by atoms with E-state index in [2.05, 4.69) is 66.4 Å². The minimum absolute atomic E-state index is 1.06. The van der Waals surface area contributed by atoms with Gasteiger partial charge in [0.15, 0.2) is 0 Å². The molecule has 0 saturated carbocycles. The molecule has 3 heteroatoms. The second-order valence-electron chi connectivity index (χ2n) is 6.57. The Morgan fingerprint density at radius 1 is 1.13 bits per heavy atom. The lowest BCUT2D eigenvalue weighted by atomic mass is 10.1. The highest BCUT2D eigenvalue weighted by molar-refractivity contribution is 5.93. The summed E-state index contributed by atoms with van der Waals surface area (Å²) in [5.74, 6) is 1.06. The van der Waals surface area contributed by atoms with Crippen LogP contribution in [0.3, 0.4) is 0 Å². The minimum atomic E-state index is 1.06. The van der Waals surface area contributed by atoms with Gasteiger partial charge in [-0.15, -0.1) is 0 Å². The van der Waals surface area contributed by atoms with E-state index in [0.717, 1.165) is 18.8 Å². The predicted molar refractivity (Wildman–Crippen MR) is 98.3 cm³/mol. The summed E-state index contributed by atoms with van der Waals surface area (Å²) in [5.41, 5.74) is 5.36. The Morgan fingerprint density at radius 2 is 1.91 bits per heavy atom. The van der Waals surface area contributed by atoms with Crippen molar-refractivity contribution >= 4 is 16.4 Å². The maximum absolute atomic E-state index is 4.56. The Balaban J connectivity index is 2.05. The lowest BCUT2D eigenvalue weighted by Gasteiger charge is -2.16. The number of hydrogen-bond acceptors (Lipinski definition) is 2. The van der Waals surface area contributed by atoms with Gasteiger partial charge in [-0.3, -0.25) is 4.40 Å². The lowest BCUT2D eigenvalue weighted by molar-refractivity contribution is 0.333. The monoisotopic (exact) mass is 309 g/mol. The smallest absolute Gasteiger partial charge is 0.110 e. The zero-order valence-electron chi connectivity index (χ0n) is 14.8. The molecule has 0 bridgehead atoms. The van der Waals surface area contributed by atoms with E-state index >= 15 is 0 Å². The van der Waals surface area contributed by atoms with Crippen LogP contribution in [0.4, 0.5) is 0 Å². The van der Waals surface area contributed by atoms with Crippen molar-refractivity contribution in [1.29, 1.82) is 0 Å². The molecule has 122 valence electrons. The standard InChI is InChI=1S/C20H27N3/c1-5-6-12-22(4)13-11-18-17-9-7-8-10-19(17)23-16(3)21-14-15(2)20(18)23/h7-10,14H,5-6,11-13H2,1-4H3. The van der Waals surface area contributed by atoms with Gasteiger partial charge in [-0.1, -0.05) is 31.5 Å². The number of aromatic nitrogens is 2. The van der Waals surface area contributed by atoms with E-state index in [1.807, 2.05) is 6.20 Å². The molecular weight excluding hydrogens is 282 g/mol. The second-order valence-corrected chi connectivity index (χ2v) is 6.57. The van der Waals surface area contributed by atoms with Gasteiger partial charge in [-0.2, -0.15) is 0 Å². The number of para-hydroxylation sites is 1. The van der Waals surface area contributed by atoms with Gasteiger partial charge in [0.25, 0.3) is 0 Å². The minimum Gasteiger partial charge on any atom is -0.306 e. The van der Waals surface area contributed by atoms with Crippen molar-refractivity contribution in [3.05, 3.63) is 47.4 Å².